The number of nitrogens with zero attached hydrogens (tertiary/aromatic N) is 5. The number of hydrogen-bond acceptors (Lipinski definition) is 7. The third kappa shape index (κ3) is 4.47. The van der Waals surface area contributed by atoms with Gasteiger partial charge in [-0.3, -0.25) is 9.78 Å². The van der Waals surface area contributed by atoms with E-state index in [1.54, 1.807) is 25.6 Å². The SMILES string of the molecule is C=CCc1cc(C(=O)N2CCC(c3noc(-c4cnc(C)cn4)n3)CC2)ccc1OC. The molecule has 1 amide bonds. The third-order valence-corrected chi connectivity index (χ3v) is 5.48. The smallest absolute Gasteiger partial charge is 0.278 e. The molecule has 0 saturated carbocycles. The number of aromatic nitrogens is 4. The Kier molecular flexibility index (Phi) is 6.06. The molecule has 0 N–H and O–H groups in total. The van der Waals surface area contributed by atoms with Gasteiger partial charge in [-0.15, -0.1) is 6.58 Å². The number of hydrogen-bond donors (Lipinski definition) is 0. The Morgan fingerprint density at radius 3 is 2.77 bits per heavy atom. The summed E-state index contributed by atoms with van der Waals surface area (Å²) in [6.45, 7) is 6.93. The van der Waals surface area contributed by atoms with Crippen molar-refractivity contribution in [2.45, 2.75) is 32.1 Å². The zero-order chi connectivity index (χ0) is 21.8. The topological polar surface area (TPSA) is 94.2 Å². The molecule has 1 fully saturated rings. The van der Waals surface area contributed by atoms with Gasteiger partial charge in [-0.25, -0.2) is 4.98 Å². The highest BCUT2D eigenvalue weighted by atomic mass is 16.5. The fourth-order valence-electron chi connectivity index (χ4n) is 3.76. The quantitative estimate of drug-likeness (QED) is 0.564. The number of likely N-dealkylation sites (tertiary alicyclic amines) is 1. The number of benzene rings is 1. The second kappa shape index (κ2) is 9.07. The summed E-state index contributed by atoms with van der Waals surface area (Å²) in [5.74, 6) is 1.96. The number of piperidine rings is 1. The fraction of sp³-hybridized carbons (Fsp3) is 0.348. The number of methoxy groups -OCH3 is 1. The van der Waals surface area contributed by atoms with E-state index in [1.165, 1.54) is 0 Å². The van der Waals surface area contributed by atoms with Gasteiger partial charge < -0.3 is 14.2 Å². The highest BCUT2D eigenvalue weighted by Crippen LogP contribution is 2.29. The van der Waals surface area contributed by atoms with Gasteiger partial charge in [0.05, 0.1) is 19.0 Å². The second-order valence-corrected chi connectivity index (χ2v) is 7.59. The number of carbonyl (C=O) groups is 1. The number of ether oxygens (including phenoxy) is 1. The minimum atomic E-state index is 0.0233. The number of amides is 1. The molecule has 0 atom stereocenters. The van der Waals surface area contributed by atoms with E-state index in [9.17, 15) is 4.79 Å². The van der Waals surface area contributed by atoms with Gasteiger partial charge >= 0.3 is 0 Å². The first-order valence-electron chi connectivity index (χ1n) is 10.3. The highest BCUT2D eigenvalue weighted by Gasteiger charge is 2.28. The van der Waals surface area contributed by atoms with E-state index in [4.69, 9.17) is 9.26 Å². The van der Waals surface area contributed by atoms with Crippen molar-refractivity contribution < 1.29 is 14.1 Å². The van der Waals surface area contributed by atoms with Crippen LogP contribution in [0.4, 0.5) is 0 Å². The highest BCUT2D eigenvalue weighted by molar-refractivity contribution is 5.94. The Morgan fingerprint density at radius 2 is 2.10 bits per heavy atom. The molecule has 8 nitrogen and oxygen atoms in total. The minimum absolute atomic E-state index is 0.0233. The second-order valence-electron chi connectivity index (χ2n) is 7.59. The Morgan fingerprint density at radius 1 is 1.29 bits per heavy atom. The predicted octanol–water partition coefficient (Wildman–Crippen LogP) is 3.59. The van der Waals surface area contributed by atoms with Crippen LogP contribution in [-0.2, 0) is 6.42 Å². The molecular formula is C23H25N5O3. The lowest BCUT2D eigenvalue weighted by Crippen LogP contribution is -2.38. The molecule has 0 radical (unpaired) electrons. The van der Waals surface area contributed by atoms with Gasteiger partial charge in [0.2, 0.25) is 0 Å². The standard InChI is InChI=1S/C23H25N5O3/c1-4-5-17-12-18(6-7-20(17)30-3)23(29)28-10-8-16(9-11-28)21-26-22(31-27-21)19-14-24-15(2)13-25-19/h4,6-7,12-14,16H,1,5,8-11H2,2-3H3. The van der Waals surface area contributed by atoms with Gasteiger partial charge in [-0.05, 0) is 49.9 Å². The van der Waals surface area contributed by atoms with E-state index >= 15 is 0 Å². The monoisotopic (exact) mass is 419 g/mol. The molecule has 1 aliphatic heterocycles. The summed E-state index contributed by atoms with van der Waals surface area (Å²) in [6, 6.07) is 5.55. The van der Waals surface area contributed by atoms with Crippen molar-refractivity contribution in [3.8, 4) is 17.3 Å². The fourth-order valence-corrected chi connectivity index (χ4v) is 3.76. The predicted molar refractivity (Wildman–Crippen MR) is 115 cm³/mol. The molecule has 8 heteroatoms. The van der Waals surface area contributed by atoms with E-state index in [2.05, 4.69) is 26.7 Å². The average molecular weight is 419 g/mol. The maximum Gasteiger partial charge on any atom is 0.278 e. The molecule has 1 aliphatic rings. The lowest BCUT2D eigenvalue weighted by Gasteiger charge is -2.30. The molecule has 0 unspecified atom stereocenters. The molecule has 1 aromatic carbocycles. The normalized spacial score (nSPS) is 14.5. The van der Waals surface area contributed by atoms with Crippen LogP contribution in [-0.4, -0.2) is 51.1 Å². The summed E-state index contributed by atoms with van der Waals surface area (Å²) in [5, 5.41) is 4.14. The Labute approximate surface area is 181 Å². The summed E-state index contributed by atoms with van der Waals surface area (Å²) in [5.41, 5.74) is 3.01. The van der Waals surface area contributed by atoms with Gasteiger partial charge in [0.15, 0.2) is 5.82 Å². The summed E-state index contributed by atoms with van der Waals surface area (Å²) >= 11 is 0. The number of aryl methyl sites for hydroxylation is 1. The van der Waals surface area contributed by atoms with E-state index in [-0.39, 0.29) is 11.8 Å². The number of carbonyl (C=O) groups excluding carboxylic acids is 1. The van der Waals surface area contributed by atoms with Crippen LogP contribution in [0, 0.1) is 6.92 Å². The van der Waals surface area contributed by atoms with Crippen molar-refractivity contribution >= 4 is 5.91 Å². The molecule has 2 aromatic heterocycles. The summed E-state index contributed by atoms with van der Waals surface area (Å²) in [6.07, 6.45) is 7.31. The maximum atomic E-state index is 13.0. The Bertz CT molecular complexity index is 1070. The Hall–Kier alpha value is -3.55. The third-order valence-electron chi connectivity index (χ3n) is 5.48. The van der Waals surface area contributed by atoms with E-state index in [1.807, 2.05) is 30.0 Å². The number of rotatable bonds is 6. The van der Waals surface area contributed by atoms with Crippen LogP contribution in [0.15, 0.2) is 47.8 Å². The van der Waals surface area contributed by atoms with Crippen LogP contribution >= 0.6 is 0 Å². The van der Waals surface area contributed by atoms with Gasteiger partial charge in [0.1, 0.15) is 11.4 Å². The van der Waals surface area contributed by atoms with Crippen molar-refractivity contribution in [3.05, 3.63) is 65.9 Å². The summed E-state index contributed by atoms with van der Waals surface area (Å²) in [7, 11) is 1.63. The zero-order valence-corrected chi connectivity index (χ0v) is 17.7. The first kappa shape index (κ1) is 20.7. The lowest BCUT2D eigenvalue weighted by atomic mass is 9.95. The van der Waals surface area contributed by atoms with Crippen LogP contribution in [0.1, 0.15) is 46.2 Å². The van der Waals surface area contributed by atoms with E-state index in [0.717, 1.165) is 29.8 Å². The van der Waals surface area contributed by atoms with Crippen molar-refractivity contribution in [2.24, 2.45) is 0 Å². The van der Waals surface area contributed by atoms with Crippen LogP contribution in [0.25, 0.3) is 11.6 Å². The van der Waals surface area contributed by atoms with Crippen molar-refractivity contribution in [3.63, 3.8) is 0 Å². The van der Waals surface area contributed by atoms with Crippen LogP contribution in [0.2, 0.25) is 0 Å². The Balaban J connectivity index is 1.41. The van der Waals surface area contributed by atoms with Crippen molar-refractivity contribution in [2.75, 3.05) is 20.2 Å². The van der Waals surface area contributed by atoms with Gasteiger partial charge in [-0.1, -0.05) is 11.2 Å². The maximum absolute atomic E-state index is 13.0. The molecule has 1 saturated heterocycles. The molecule has 0 bridgehead atoms. The van der Waals surface area contributed by atoms with Crippen molar-refractivity contribution in [1.29, 1.82) is 0 Å². The minimum Gasteiger partial charge on any atom is -0.496 e. The summed E-state index contributed by atoms with van der Waals surface area (Å²) < 4.78 is 10.8. The largest absolute Gasteiger partial charge is 0.496 e. The van der Waals surface area contributed by atoms with E-state index < -0.39 is 0 Å². The van der Waals surface area contributed by atoms with Crippen LogP contribution in [0.3, 0.4) is 0 Å². The molecule has 0 aliphatic carbocycles. The first-order chi connectivity index (χ1) is 15.1. The average Bonchev–Trinajstić information content (AvgIpc) is 3.30. The summed E-state index contributed by atoms with van der Waals surface area (Å²) in [4.78, 5) is 27.9. The molecular weight excluding hydrogens is 394 g/mol. The molecule has 31 heavy (non-hydrogen) atoms. The number of allylic oxidation sites excluding steroid dienone is 1. The molecule has 0 spiro atoms. The molecule has 3 heterocycles. The first-order valence-corrected chi connectivity index (χ1v) is 10.3. The van der Waals surface area contributed by atoms with Crippen LogP contribution in [0.5, 0.6) is 5.75 Å². The molecule has 160 valence electrons. The van der Waals surface area contributed by atoms with Gasteiger partial charge in [0, 0.05) is 30.8 Å². The van der Waals surface area contributed by atoms with Gasteiger partial charge in [0.25, 0.3) is 11.8 Å². The van der Waals surface area contributed by atoms with Crippen molar-refractivity contribution in [1.82, 2.24) is 25.0 Å². The van der Waals surface area contributed by atoms with Crippen LogP contribution < -0.4 is 4.74 Å². The molecule has 3 aromatic rings. The molecule has 4 rings (SSSR count). The lowest BCUT2D eigenvalue weighted by molar-refractivity contribution is 0.0710. The zero-order valence-electron chi connectivity index (χ0n) is 17.7. The van der Waals surface area contributed by atoms with Gasteiger partial charge in [-0.2, -0.15) is 4.98 Å². The van der Waals surface area contributed by atoms with E-state index in [0.29, 0.717) is 42.5 Å².